The normalized spacial score (nSPS) is 23.9. The first-order chi connectivity index (χ1) is 19.1. The first-order valence-corrected chi connectivity index (χ1v) is 13.6. The molecule has 1 fully saturated rings. The third-order valence-corrected chi connectivity index (χ3v) is 7.26. The van der Waals surface area contributed by atoms with E-state index in [2.05, 4.69) is 0 Å². The molecule has 1 saturated carbocycles. The maximum absolute atomic E-state index is 12.7. The molecule has 4 rings (SSSR count). The van der Waals surface area contributed by atoms with Crippen LogP contribution in [0.2, 0.25) is 0 Å². The van der Waals surface area contributed by atoms with Gasteiger partial charge in [-0.15, -0.1) is 0 Å². The average molecular weight is 564 g/mol. The fourth-order valence-corrected chi connectivity index (χ4v) is 4.93. The first kappa shape index (κ1) is 30.0. The monoisotopic (exact) mass is 563 g/mol. The highest BCUT2D eigenvalue weighted by atomic mass is 19.4. The predicted octanol–water partition coefficient (Wildman–Crippen LogP) is 5.81. The van der Waals surface area contributed by atoms with Crippen molar-refractivity contribution in [3.05, 3.63) is 70.8 Å². The standard InChI is InChI=1S/C30H36F3NO6/c1-19-5-3-7-23(13-19)28-34-26(20(2)40-28)17-37-15-22-6-4-8-25(14-22)38-18-27(29(35)36)39-16-21-9-11-24(12-10-21)30(31,32)33/h3,5,7,9-13,20,22,25-27H,4,6,8,14-18H2,1-2H3,(H,35,36)/t20?,22-,25+,26?,27+/m0/s1. The number of carboxylic acids is 1. The van der Waals surface area contributed by atoms with Crippen molar-refractivity contribution in [3.8, 4) is 0 Å². The summed E-state index contributed by atoms with van der Waals surface area (Å²) in [4.78, 5) is 16.4. The van der Waals surface area contributed by atoms with Crippen LogP contribution in [0.15, 0.2) is 53.5 Å². The van der Waals surface area contributed by atoms with Gasteiger partial charge in [-0.25, -0.2) is 9.79 Å². The molecule has 5 atom stereocenters. The minimum absolute atomic E-state index is 0.0755. The Morgan fingerprint density at radius 1 is 1.15 bits per heavy atom. The fraction of sp³-hybridized carbons (Fsp3) is 0.533. The summed E-state index contributed by atoms with van der Waals surface area (Å²) in [5.74, 6) is -0.251. The van der Waals surface area contributed by atoms with E-state index in [1.807, 2.05) is 38.1 Å². The van der Waals surface area contributed by atoms with E-state index in [9.17, 15) is 23.1 Å². The Balaban J connectivity index is 1.19. The lowest BCUT2D eigenvalue weighted by atomic mass is 9.88. The predicted molar refractivity (Wildman–Crippen MR) is 142 cm³/mol. The van der Waals surface area contributed by atoms with Crippen LogP contribution in [0.4, 0.5) is 13.2 Å². The second-order valence-electron chi connectivity index (χ2n) is 10.6. The number of ether oxygens (including phenoxy) is 4. The lowest BCUT2D eigenvalue weighted by Gasteiger charge is -2.30. The second kappa shape index (κ2) is 13.6. The topological polar surface area (TPSA) is 86.6 Å². The molecule has 2 aromatic rings. The van der Waals surface area contributed by atoms with Gasteiger partial charge in [0.1, 0.15) is 12.1 Å². The summed E-state index contributed by atoms with van der Waals surface area (Å²) in [5.41, 5.74) is 1.79. The average Bonchev–Trinajstić information content (AvgIpc) is 3.29. The van der Waals surface area contributed by atoms with Crippen LogP contribution in [0.1, 0.15) is 54.9 Å². The number of carbonyl (C=O) groups is 1. The number of halogens is 3. The lowest BCUT2D eigenvalue weighted by Crippen LogP contribution is -2.34. The Labute approximate surface area is 232 Å². The largest absolute Gasteiger partial charge is 0.479 e. The third kappa shape index (κ3) is 8.52. The van der Waals surface area contributed by atoms with Gasteiger partial charge in [0.05, 0.1) is 31.5 Å². The maximum Gasteiger partial charge on any atom is 0.416 e. The highest BCUT2D eigenvalue weighted by Crippen LogP contribution is 2.30. The van der Waals surface area contributed by atoms with E-state index in [1.165, 1.54) is 12.1 Å². The summed E-state index contributed by atoms with van der Waals surface area (Å²) < 4.78 is 61.6. The van der Waals surface area contributed by atoms with Crippen molar-refractivity contribution in [2.45, 2.75) is 76.7 Å². The van der Waals surface area contributed by atoms with Gasteiger partial charge >= 0.3 is 12.1 Å². The van der Waals surface area contributed by atoms with Crippen molar-refractivity contribution in [2.24, 2.45) is 10.9 Å². The molecule has 1 N–H and O–H groups in total. The zero-order valence-electron chi connectivity index (χ0n) is 22.7. The van der Waals surface area contributed by atoms with Gasteiger partial charge in [0, 0.05) is 12.2 Å². The summed E-state index contributed by atoms with van der Waals surface area (Å²) in [7, 11) is 0. The SMILES string of the molecule is Cc1cccc(C2=NC(COC[C@H]3CCC[C@@H](OC[C@@H](OCc4ccc(C(F)(F)F)cc4)C(=O)O)C3)C(C)O2)c1. The lowest BCUT2D eigenvalue weighted by molar-refractivity contribution is -0.158. The Morgan fingerprint density at radius 3 is 2.62 bits per heavy atom. The van der Waals surface area contributed by atoms with Gasteiger partial charge in [-0.05, 0) is 68.9 Å². The van der Waals surface area contributed by atoms with E-state index in [4.69, 9.17) is 23.9 Å². The van der Waals surface area contributed by atoms with Gasteiger partial charge in [-0.1, -0.05) is 36.2 Å². The number of aryl methyl sites for hydroxylation is 1. The van der Waals surface area contributed by atoms with Gasteiger partial charge in [0.15, 0.2) is 6.10 Å². The number of alkyl halides is 3. The minimum atomic E-state index is -4.43. The van der Waals surface area contributed by atoms with Gasteiger partial charge in [-0.2, -0.15) is 13.2 Å². The zero-order valence-corrected chi connectivity index (χ0v) is 22.7. The third-order valence-electron chi connectivity index (χ3n) is 7.26. The van der Waals surface area contributed by atoms with Crippen LogP contribution < -0.4 is 0 Å². The number of rotatable bonds is 12. The molecule has 1 aliphatic carbocycles. The maximum atomic E-state index is 12.7. The van der Waals surface area contributed by atoms with Crippen molar-refractivity contribution in [2.75, 3.05) is 19.8 Å². The van der Waals surface area contributed by atoms with Crippen LogP contribution in [0.25, 0.3) is 0 Å². The number of benzene rings is 2. The molecular weight excluding hydrogens is 527 g/mol. The molecule has 0 aromatic heterocycles. The molecule has 1 heterocycles. The van der Waals surface area contributed by atoms with Gasteiger partial charge in [-0.3, -0.25) is 0 Å². The molecule has 0 spiro atoms. The van der Waals surface area contributed by atoms with Crippen LogP contribution in [0.3, 0.4) is 0 Å². The summed E-state index contributed by atoms with van der Waals surface area (Å²) in [6.45, 7) is 4.77. The summed E-state index contributed by atoms with van der Waals surface area (Å²) >= 11 is 0. The molecule has 0 amide bonds. The molecule has 218 valence electrons. The Kier molecular flexibility index (Phi) is 10.2. The molecule has 1 aliphatic heterocycles. The van der Waals surface area contributed by atoms with Gasteiger partial charge in [0.25, 0.3) is 0 Å². The van der Waals surface area contributed by atoms with Gasteiger partial charge < -0.3 is 24.1 Å². The highest BCUT2D eigenvalue weighted by Gasteiger charge is 2.31. The Hall–Kier alpha value is -2.95. The van der Waals surface area contributed by atoms with Crippen molar-refractivity contribution < 1.29 is 42.0 Å². The van der Waals surface area contributed by atoms with E-state index in [0.29, 0.717) is 24.7 Å². The quantitative estimate of drug-likeness (QED) is 0.351. The molecular formula is C30H36F3NO6. The van der Waals surface area contributed by atoms with Crippen molar-refractivity contribution >= 4 is 11.9 Å². The molecule has 40 heavy (non-hydrogen) atoms. The molecule has 7 nitrogen and oxygen atoms in total. The zero-order chi connectivity index (χ0) is 28.7. The van der Waals surface area contributed by atoms with Crippen molar-refractivity contribution in [3.63, 3.8) is 0 Å². The summed E-state index contributed by atoms with van der Waals surface area (Å²) in [5, 5.41) is 9.54. The first-order valence-electron chi connectivity index (χ1n) is 13.6. The van der Waals surface area contributed by atoms with Crippen LogP contribution >= 0.6 is 0 Å². The van der Waals surface area contributed by atoms with Crippen LogP contribution in [0.5, 0.6) is 0 Å². The van der Waals surface area contributed by atoms with E-state index in [0.717, 1.165) is 48.9 Å². The van der Waals surface area contributed by atoms with E-state index in [1.54, 1.807) is 0 Å². The minimum Gasteiger partial charge on any atom is -0.479 e. The van der Waals surface area contributed by atoms with Crippen LogP contribution in [-0.4, -0.2) is 61.1 Å². The van der Waals surface area contributed by atoms with Gasteiger partial charge in [0.2, 0.25) is 5.90 Å². The molecule has 0 bridgehead atoms. The number of aliphatic carboxylic acids is 1. The van der Waals surface area contributed by atoms with E-state index < -0.39 is 23.8 Å². The molecule has 10 heteroatoms. The molecule has 2 aliphatic rings. The second-order valence-corrected chi connectivity index (χ2v) is 10.6. The van der Waals surface area contributed by atoms with Crippen molar-refractivity contribution in [1.82, 2.24) is 0 Å². The summed E-state index contributed by atoms with van der Waals surface area (Å²) in [6.07, 6.45) is -2.32. The molecule has 0 saturated heterocycles. The fourth-order valence-electron chi connectivity index (χ4n) is 4.93. The van der Waals surface area contributed by atoms with Crippen LogP contribution in [0, 0.1) is 12.8 Å². The molecule has 2 aromatic carbocycles. The summed E-state index contributed by atoms with van der Waals surface area (Å²) in [6, 6.07) is 12.4. The molecule has 2 unspecified atom stereocenters. The number of hydrogen-bond donors (Lipinski definition) is 1. The number of aliphatic imine (C=N–C) groups is 1. The number of carboxylic acid groups (broad SMARTS) is 1. The van der Waals surface area contributed by atoms with Crippen LogP contribution in [-0.2, 0) is 36.5 Å². The van der Waals surface area contributed by atoms with Crippen molar-refractivity contribution in [1.29, 1.82) is 0 Å². The Morgan fingerprint density at radius 2 is 1.93 bits per heavy atom. The number of hydrogen-bond acceptors (Lipinski definition) is 6. The smallest absolute Gasteiger partial charge is 0.416 e. The highest BCUT2D eigenvalue weighted by molar-refractivity contribution is 5.95. The van der Waals surface area contributed by atoms with E-state index >= 15 is 0 Å². The number of nitrogens with zero attached hydrogens (tertiary/aromatic N) is 1. The van der Waals surface area contributed by atoms with E-state index in [-0.39, 0.29) is 37.4 Å². The molecule has 0 radical (unpaired) electrons. The Bertz CT molecular complexity index is 1150.